The minimum Gasteiger partial charge on any atom is -0.395 e. The zero-order valence-electron chi connectivity index (χ0n) is 19.6. The summed E-state index contributed by atoms with van der Waals surface area (Å²) in [6, 6.07) is 2.09. The van der Waals surface area contributed by atoms with Gasteiger partial charge in [-0.05, 0) is 50.5 Å². The van der Waals surface area contributed by atoms with Gasteiger partial charge >= 0.3 is 0 Å². The second kappa shape index (κ2) is 10.5. The summed E-state index contributed by atoms with van der Waals surface area (Å²) >= 11 is 1.43. The minimum absolute atomic E-state index is 0.0786. The van der Waals surface area contributed by atoms with Crippen LogP contribution in [-0.4, -0.2) is 70.7 Å². The topological polar surface area (TPSA) is 126 Å². The van der Waals surface area contributed by atoms with Crippen molar-refractivity contribution in [1.82, 2.24) is 38.7 Å². The van der Waals surface area contributed by atoms with Gasteiger partial charge in [-0.15, -0.1) is 0 Å². The number of anilines is 2. The fraction of sp³-hybridized carbons (Fsp3) is 0.435. The van der Waals surface area contributed by atoms with E-state index in [0.29, 0.717) is 11.5 Å². The molecule has 1 saturated heterocycles. The van der Waals surface area contributed by atoms with Gasteiger partial charge in [-0.25, -0.2) is 9.97 Å². The predicted octanol–water partition coefficient (Wildman–Crippen LogP) is 2.20. The molecular weight excluding hydrogens is 466 g/mol. The standard InChI is InChI=1S/C23H29N9O2S/c1-16-12-32-19(17-10-26-31(13-17)15-20(34)24-5-8-33)11-25-23(32)22(27-16)28-21-9-18(29-35-21)14-30-6-3-2-4-7-30/h9-13,33H,2-8,14-15H2,1H3,(H,24,34)(H,27,28). The van der Waals surface area contributed by atoms with Crippen LogP contribution in [0.2, 0.25) is 0 Å². The largest absolute Gasteiger partial charge is 0.395 e. The van der Waals surface area contributed by atoms with E-state index in [9.17, 15) is 4.79 Å². The molecule has 1 fully saturated rings. The highest BCUT2D eigenvalue weighted by atomic mass is 32.1. The quantitative estimate of drug-likeness (QED) is 0.323. The Morgan fingerprint density at radius 2 is 2.06 bits per heavy atom. The van der Waals surface area contributed by atoms with Gasteiger partial charge in [-0.3, -0.25) is 18.8 Å². The first-order chi connectivity index (χ1) is 17.1. The maximum atomic E-state index is 11.9. The predicted molar refractivity (Wildman–Crippen MR) is 134 cm³/mol. The number of fused-ring (bicyclic) bond motifs is 1. The number of piperidine rings is 1. The van der Waals surface area contributed by atoms with Gasteiger partial charge in [0.05, 0.1) is 36.1 Å². The van der Waals surface area contributed by atoms with Crippen LogP contribution in [0.5, 0.6) is 0 Å². The Labute approximate surface area is 207 Å². The van der Waals surface area contributed by atoms with Gasteiger partial charge in [-0.1, -0.05) is 6.42 Å². The lowest BCUT2D eigenvalue weighted by atomic mass is 10.1. The number of carbonyl (C=O) groups excluding carboxylic acids is 1. The average molecular weight is 496 g/mol. The Kier molecular flexibility index (Phi) is 7.02. The molecule has 0 unspecified atom stereocenters. The molecule has 0 radical (unpaired) electrons. The number of aromatic nitrogens is 6. The second-order valence-electron chi connectivity index (χ2n) is 8.71. The number of nitrogens with zero attached hydrogens (tertiary/aromatic N) is 7. The highest BCUT2D eigenvalue weighted by molar-refractivity contribution is 7.10. The summed E-state index contributed by atoms with van der Waals surface area (Å²) < 4.78 is 8.18. The molecule has 4 aromatic rings. The first kappa shape index (κ1) is 23.4. The first-order valence-electron chi connectivity index (χ1n) is 11.8. The molecule has 1 aliphatic heterocycles. The number of likely N-dealkylation sites (tertiary alicyclic amines) is 1. The number of aryl methyl sites for hydroxylation is 1. The molecule has 0 aliphatic carbocycles. The summed E-state index contributed by atoms with van der Waals surface area (Å²) in [4.78, 5) is 23.7. The van der Waals surface area contributed by atoms with E-state index in [1.54, 1.807) is 23.3 Å². The Bertz CT molecular complexity index is 1310. The van der Waals surface area contributed by atoms with Crippen LogP contribution in [0.1, 0.15) is 30.7 Å². The van der Waals surface area contributed by atoms with E-state index in [4.69, 9.17) is 5.11 Å². The highest BCUT2D eigenvalue weighted by Crippen LogP contribution is 2.28. The first-order valence-corrected chi connectivity index (χ1v) is 12.6. The molecule has 1 amide bonds. The number of rotatable bonds is 9. The fourth-order valence-corrected chi connectivity index (χ4v) is 4.95. The molecule has 0 atom stereocenters. The monoisotopic (exact) mass is 495 g/mol. The Hall–Kier alpha value is -3.35. The summed E-state index contributed by atoms with van der Waals surface area (Å²) in [6.07, 6.45) is 11.1. The summed E-state index contributed by atoms with van der Waals surface area (Å²) in [6.45, 7) is 5.31. The lowest BCUT2D eigenvalue weighted by Crippen LogP contribution is -2.30. The smallest absolute Gasteiger partial charge is 0.241 e. The Morgan fingerprint density at radius 3 is 2.89 bits per heavy atom. The second-order valence-corrected chi connectivity index (χ2v) is 9.52. The average Bonchev–Trinajstić information content (AvgIpc) is 3.58. The van der Waals surface area contributed by atoms with Crippen LogP contribution in [0.15, 0.2) is 30.9 Å². The van der Waals surface area contributed by atoms with E-state index in [2.05, 4.69) is 41.0 Å². The molecule has 0 aromatic carbocycles. The van der Waals surface area contributed by atoms with Crippen LogP contribution in [0.4, 0.5) is 10.8 Å². The van der Waals surface area contributed by atoms with Crippen LogP contribution in [0.25, 0.3) is 16.9 Å². The molecule has 5 rings (SSSR count). The number of nitrogens with one attached hydrogen (secondary N) is 2. The van der Waals surface area contributed by atoms with Crippen molar-refractivity contribution in [3.8, 4) is 11.3 Å². The van der Waals surface area contributed by atoms with Gasteiger partial charge in [-0.2, -0.15) is 9.47 Å². The molecule has 0 bridgehead atoms. The molecule has 184 valence electrons. The molecule has 5 heterocycles. The Morgan fingerprint density at radius 1 is 1.20 bits per heavy atom. The molecule has 4 aromatic heterocycles. The third-order valence-electron chi connectivity index (χ3n) is 5.92. The third-order valence-corrected chi connectivity index (χ3v) is 6.66. The van der Waals surface area contributed by atoms with Crippen molar-refractivity contribution >= 4 is 33.9 Å². The van der Waals surface area contributed by atoms with Gasteiger partial charge in [0.15, 0.2) is 11.5 Å². The van der Waals surface area contributed by atoms with Gasteiger partial charge in [0, 0.05) is 31.0 Å². The van der Waals surface area contributed by atoms with Gasteiger partial charge in [0.25, 0.3) is 0 Å². The van der Waals surface area contributed by atoms with E-state index in [0.717, 1.165) is 47.3 Å². The summed E-state index contributed by atoms with van der Waals surface area (Å²) in [5, 5.41) is 20.1. The molecular formula is C23H29N9O2S. The van der Waals surface area contributed by atoms with Crippen LogP contribution in [-0.2, 0) is 17.9 Å². The molecule has 0 spiro atoms. The number of carbonyl (C=O) groups is 1. The molecule has 3 N–H and O–H groups in total. The van der Waals surface area contributed by atoms with E-state index < -0.39 is 0 Å². The van der Waals surface area contributed by atoms with Crippen LogP contribution < -0.4 is 10.6 Å². The normalized spacial score (nSPS) is 14.5. The fourth-order valence-electron chi connectivity index (χ4n) is 4.30. The van der Waals surface area contributed by atoms with Crippen LogP contribution in [0, 0.1) is 6.92 Å². The lowest BCUT2D eigenvalue weighted by molar-refractivity contribution is -0.122. The van der Waals surface area contributed by atoms with Gasteiger partial charge in [0.1, 0.15) is 11.5 Å². The summed E-state index contributed by atoms with van der Waals surface area (Å²) in [5.41, 5.74) is 4.30. The number of hydrogen-bond acceptors (Lipinski definition) is 9. The molecule has 11 nitrogen and oxygen atoms in total. The van der Waals surface area contributed by atoms with E-state index >= 15 is 0 Å². The minimum atomic E-state index is -0.206. The maximum absolute atomic E-state index is 11.9. The number of aliphatic hydroxyl groups is 1. The van der Waals surface area contributed by atoms with Gasteiger partial charge in [0.2, 0.25) is 5.91 Å². The molecule has 0 saturated carbocycles. The van der Waals surface area contributed by atoms with E-state index in [-0.39, 0.29) is 25.6 Å². The van der Waals surface area contributed by atoms with E-state index in [1.807, 2.05) is 17.5 Å². The third kappa shape index (κ3) is 5.50. The zero-order valence-corrected chi connectivity index (χ0v) is 20.5. The maximum Gasteiger partial charge on any atom is 0.241 e. The van der Waals surface area contributed by atoms with Crippen molar-refractivity contribution in [2.24, 2.45) is 0 Å². The molecule has 1 aliphatic rings. The van der Waals surface area contributed by atoms with Crippen LogP contribution >= 0.6 is 11.5 Å². The highest BCUT2D eigenvalue weighted by Gasteiger charge is 2.16. The van der Waals surface area contributed by atoms with Crippen molar-refractivity contribution in [3.05, 3.63) is 42.2 Å². The van der Waals surface area contributed by atoms with Crippen molar-refractivity contribution in [2.45, 2.75) is 39.3 Å². The summed E-state index contributed by atoms with van der Waals surface area (Å²) in [5.74, 6) is 0.461. The zero-order chi connectivity index (χ0) is 24.2. The molecule has 12 heteroatoms. The van der Waals surface area contributed by atoms with Crippen molar-refractivity contribution < 1.29 is 9.90 Å². The number of hydrogen-bond donors (Lipinski definition) is 3. The number of amides is 1. The summed E-state index contributed by atoms with van der Waals surface area (Å²) in [7, 11) is 0. The Balaban J connectivity index is 1.34. The van der Waals surface area contributed by atoms with Crippen molar-refractivity contribution in [2.75, 3.05) is 31.6 Å². The molecule has 35 heavy (non-hydrogen) atoms. The van der Waals surface area contributed by atoms with E-state index in [1.165, 1.54) is 30.8 Å². The lowest BCUT2D eigenvalue weighted by Gasteiger charge is -2.25. The number of imidazole rings is 1. The SMILES string of the molecule is Cc1cn2c(-c3cnn(CC(=O)NCCO)c3)cnc2c(Nc2cc(CN3CCCCC3)ns2)n1. The van der Waals surface area contributed by atoms with Crippen molar-refractivity contribution in [3.63, 3.8) is 0 Å². The van der Waals surface area contributed by atoms with Crippen molar-refractivity contribution in [1.29, 1.82) is 0 Å². The number of aliphatic hydroxyl groups excluding tert-OH is 1. The van der Waals surface area contributed by atoms with Gasteiger partial charge < -0.3 is 15.7 Å². The van der Waals surface area contributed by atoms with Crippen LogP contribution in [0.3, 0.4) is 0 Å².